The van der Waals surface area contributed by atoms with E-state index in [0.29, 0.717) is 43.1 Å². The molecule has 164 valence electrons. The van der Waals surface area contributed by atoms with Gasteiger partial charge in [-0.2, -0.15) is 0 Å². The first-order valence-electron chi connectivity index (χ1n) is 11.3. The number of likely N-dealkylation sites (tertiary alicyclic amines) is 1. The Bertz CT molecular complexity index is 892. The van der Waals surface area contributed by atoms with Crippen LogP contribution in [0.3, 0.4) is 0 Å². The molecule has 0 radical (unpaired) electrons. The van der Waals surface area contributed by atoms with Gasteiger partial charge in [-0.05, 0) is 68.9 Å². The number of benzene rings is 1. The fourth-order valence-electron chi connectivity index (χ4n) is 6.34. The monoisotopic (exact) mass is 487 g/mol. The molecule has 4 aliphatic rings. The summed E-state index contributed by atoms with van der Waals surface area (Å²) in [5.74, 6) is -0.185. The predicted molar refractivity (Wildman–Crippen MR) is 115 cm³/mol. The van der Waals surface area contributed by atoms with Crippen molar-refractivity contribution >= 4 is 39.5 Å². The lowest BCUT2D eigenvalue weighted by Crippen LogP contribution is -2.44. The molecule has 4 atom stereocenters. The molecular weight excluding hydrogens is 462 g/mol. The summed E-state index contributed by atoms with van der Waals surface area (Å²) in [7, 11) is 0. The Hall–Kier alpha value is -2.02. The molecule has 4 unspecified atom stereocenters. The van der Waals surface area contributed by atoms with Gasteiger partial charge in [0.15, 0.2) is 12.4 Å². The molecule has 1 aliphatic heterocycles. The quantitative estimate of drug-likeness (QED) is 0.358. The molecule has 1 heterocycles. The van der Waals surface area contributed by atoms with Crippen molar-refractivity contribution in [2.24, 2.45) is 29.6 Å². The summed E-state index contributed by atoms with van der Waals surface area (Å²) in [6.07, 6.45) is 5.62. The van der Waals surface area contributed by atoms with E-state index < -0.39 is 0 Å². The normalized spacial score (nSPS) is 34.2. The highest BCUT2D eigenvalue weighted by molar-refractivity contribution is 9.10. The van der Waals surface area contributed by atoms with E-state index in [1.807, 2.05) is 0 Å². The van der Waals surface area contributed by atoms with E-state index in [4.69, 9.17) is 4.74 Å². The number of carbonyl (C=O) groups is 4. The highest BCUT2D eigenvalue weighted by Gasteiger charge is 2.61. The summed E-state index contributed by atoms with van der Waals surface area (Å²) in [4.78, 5) is 52.3. The van der Waals surface area contributed by atoms with E-state index in [9.17, 15) is 19.2 Å². The third-order valence-corrected chi connectivity index (χ3v) is 8.40. The molecule has 1 aromatic rings. The number of carbonyl (C=O) groups excluding carboxylic acids is 4. The number of imide groups is 1. The van der Waals surface area contributed by atoms with Crippen LogP contribution in [0.25, 0.3) is 0 Å². The Morgan fingerprint density at radius 1 is 0.903 bits per heavy atom. The summed E-state index contributed by atoms with van der Waals surface area (Å²) in [6.45, 7) is -0.268. The molecule has 31 heavy (non-hydrogen) atoms. The third kappa shape index (κ3) is 3.65. The first-order valence-corrected chi connectivity index (χ1v) is 12.1. The number of hydrogen-bond acceptors (Lipinski definition) is 5. The molecule has 1 saturated heterocycles. The van der Waals surface area contributed by atoms with E-state index in [0.717, 1.165) is 23.7 Å². The van der Waals surface area contributed by atoms with Gasteiger partial charge < -0.3 is 4.74 Å². The van der Waals surface area contributed by atoms with Gasteiger partial charge in [0.05, 0.1) is 17.8 Å². The van der Waals surface area contributed by atoms with Crippen molar-refractivity contribution in [3.8, 4) is 0 Å². The SMILES string of the molecule is O=C(COC(=O)C1CCC(N2C(=O)C3C4CCC(C4)C3C2=O)CC1)c1ccc(Br)cc1. The smallest absolute Gasteiger partial charge is 0.309 e. The second-order valence-corrected chi connectivity index (χ2v) is 10.4. The van der Waals surface area contributed by atoms with Crippen LogP contribution in [0, 0.1) is 29.6 Å². The Morgan fingerprint density at radius 2 is 1.48 bits per heavy atom. The molecule has 3 saturated carbocycles. The second-order valence-electron chi connectivity index (χ2n) is 9.47. The standard InChI is InChI=1S/C24H26BrNO5/c25-17-7-3-13(4-8-17)19(27)12-31-24(30)14-5-9-18(10-6-14)26-22(28)20-15-1-2-16(11-15)21(20)23(26)29/h3-4,7-8,14-16,18,20-21H,1-2,5-6,9-12H2. The fourth-order valence-corrected chi connectivity index (χ4v) is 6.60. The van der Waals surface area contributed by atoms with Crippen LogP contribution < -0.4 is 0 Å². The van der Waals surface area contributed by atoms with Gasteiger partial charge in [-0.1, -0.05) is 28.1 Å². The fraction of sp³-hybridized carbons (Fsp3) is 0.583. The number of ether oxygens (including phenoxy) is 1. The topological polar surface area (TPSA) is 80.8 Å². The molecule has 7 heteroatoms. The van der Waals surface area contributed by atoms with Crippen molar-refractivity contribution in [1.82, 2.24) is 4.90 Å². The van der Waals surface area contributed by atoms with Crippen molar-refractivity contribution < 1.29 is 23.9 Å². The van der Waals surface area contributed by atoms with Crippen molar-refractivity contribution in [1.29, 1.82) is 0 Å². The lowest BCUT2D eigenvalue weighted by molar-refractivity contribution is -0.149. The van der Waals surface area contributed by atoms with Crippen molar-refractivity contribution in [2.45, 2.75) is 51.0 Å². The second kappa shape index (κ2) is 8.15. The molecule has 0 N–H and O–H groups in total. The number of amides is 2. The molecule has 0 aromatic heterocycles. The number of rotatable bonds is 5. The van der Waals surface area contributed by atoms with E-state index >= 15 is 0 Å². The van der Waals surface area contributed by atoms with Gasteiger partial charge in [-0.3, -0.25) is 24.1 Å². The van der Waals surface area contributed by atoms with Crippen LogP contribution in [0.5, 0.6) is 0 Å². The van der Waals surface area contributed by atoms with Gasteiger partial charge in [0.1, 0.15) is 0 Å². The van der Waals surface area contributed by atoms with Crippen LogP contribution in [0.1, 0.15) is 55.3 Å². The van der Waals surface area contributed by atoms with E-state index in [1.54, 1.807) is 29.2 Å². The molecule has 2 amide bonds. The first kappa shape index (κ1) is 20.9. The van der Waals surface area contributed by atoms with Crippen LogP contribution in [0.2, 0.25) is 0 Å². The maximum Gasteiger partial charge on any atom is 0.309 e. The van der Waals surface area contributed by atoms with Crippen LogP contribution in [-0.2, 0) is 19.1 Å². The van der Waals surface area contributed by atoms with Gasteiger partial charge in [-0.25, -0.2) is 0 Å². The summed E-state index contributed by atoms with van der Waals surface area (Å²) in [5, 5.41) is 0. The maximum atomic E-state index is 13.0. The van der Waals surface area contributed by atoms with Crippen molar-refractivity contribution in [3.05, 3.63) is 34.3 Å². The van der Waals surface area contributed by atoms with Gasteiger partial charge in [0, 0.05) is 16.1 Å². The molecule has 2 bridgehead atoms. The Labute approximate surface area is 189 Å². The Balaban J connectivity index is 1.13. The zero-order valence-electron chi connectivity index (χ0n) is 17.3. The zero-order valence-corrected chi connectivity index (χ0v) is 18.9. The minimum atomic E-state index is -0.363. The number of Topliss-reactive ketones (excluding diaryl/α,β-unsaturated/α-hetero) is 1. The Kier molecular flexibility index (Phi) is 5.49. The average Bonchev–Trinajstić information content (AvgIpc) is 3.46. The largest absolute Gasteiger partial charge is 0.457 e. The van der Waals surface area contributed by atoms with Gasteiger partial charge >= 0.3 is 5.97 Å². The highest BCUT2D eigenvalue weighted by atomic mass is 79.9. The lowest BCUT2D eigenvalue weighted by Gasteiger charge is -2.33. The lowest BCUT2D eigenvalue weighted by atomic mass is 9.81. The molecule has 1 aromatic carbocycles. The molecule has 3 aliphatic carbocycles. The number of hydrogen-bond donors (Lipinski definition) is 0. The Morgan fingerprint density at radius 3 is 2.06 bits per heavy atom. The summed E-state index contributed by atoms with van der Waals surface area (Å²) in [5.41, 5.74) is 0.505. The average molecular weight is 488 g/mol. The van der Waals surface area contributed by atoms with Crippen LogP contribution in [-0.4, -0.2) is 41.1 Å². The predicted octanol–water partition coefficient (Wildman–Crippen LogP) is 3.76. The number of esters is 1. The van der Waals surface area contributed by atoms with Crippen LogP contribution in [0.4, 0.5) is 0 Å². The molecule has 5 rings (SSSR count). The van der Waals surface area contributed by atoms with Gasteiger partial charge in [-0.15, -0.1) is 0 Å². The van der Waals surface area contributed by atoms with Crippen molar-refractivity contribution in [2.75, 3.05) is 6.61 Å². The third-order valence-electron chi connectivity index (χ3n) is 7.87. The number of fused-ring (bicyclic) bond motifs is 5. The molecule has 6 nitrogen and oxygen atoms in total. The van der Waals surface area contributed by atoms with Crippen LogP contribution in [0.15, 0.2) is 28.7 Å². The van der Waals surface area contributed by atoms with E-state index in [-0.39, 0.29) is 54.0 Å². The zero-order chi connectivity index (χ0) is 21.7. The molecule has 4 fully saturated rings. The number of halogens is 1. The number of ketones is 1. The van der Waals surface area contributed by atoms with E-state index in [2.05, 4.69) is 15.9 Å². The van der Waals surface area contributed by atoms with Gasteiger partial charge in [0.2, 0.25) is 11.8 Å². The summed E-state index contributed by atoms with van der Waals surface area (Å²) >= 11 is 3.33. The number of nitrogens with zero attached hydrogens (tertiary/aromatic N) is 1. The maximum absolute atomic E-state index is 13.0. The van der Waals surface area contributed by atoms with E-state index in [1.165, 1.54) is 0 Å². The minimum Gasteiger partial charge on any atom is -0.457 e. The minimum absolute atomic E-state index is 0.0355. The molecule has 0 spiro atoms. The van der Waals surface area contributed by atoms with Crippen LogP contribution >= 0.6 is 15.9 Å². The first-order chi connectivity index (χ1) is 14.9. The highest BCUT2D eigenvalue weighted by Crippen LogP contribution is 2.56. The van der Waals surface area contributed by atoms with Gasteiger partial charge in [0.25, 0.3) is 0 Å². The van der Waals surface area contributed by atoms with Crippen molar-refractivity contribution in [3.63, 3.8) is 0 Å². The summed E-state index contributed by atoms with van der Waals surface area (Å²) in [6, 6.07) is 6.83. The summed E-state index contributed by atoms with van der Waals surface area (Å²) < 4.78 is 6.16. The molecular formula is C24H26BrNO5.